The molecule has 250 valence electrons. The molecule has 0 aromatic heterocycles. The highest BCUT2D eigenvalue weighted by atomic mass is 31.1. The van der Waals surface area contributed by atoms with Crippen LogP contribution in [0.25, 0.3) is 0 Å². The lowest BCUT2D eigenvalue weighted by atomic mass is 9.46. The first kappa shape index (κ1) is 32.1. The Balaban J connectivity index is 0.986. The Kier molecular flexibility index (Phi) is 8.16. The lowest BCUT2D eigenvalue weighted by molar-refractivity contribution is -0.0996. The summed E-state index contributed by atoms with van der Waals surface area (Å²) in [5.74, 6) is 12.8. The average molecular weight is 639 g/mol. The third-order valence-corrected chi connectivity index (χ3v) is 24.7. The fourth-order valence-corrected chi connectivity index (χ4v) is 22.5. The van der Waals surface area contributed by atoms with E-state index in [4.69, 9.17) is 0 Å². The van der Waals surface area contributed by atoms with Gasteiger partial charge >= 0.3 is 0 Å². The van der Waals surface area contributed by atoms with E-state index in [9.17, 15) is 0 Å². The Bertz CT molecular complexity index is 898. The van der Waals surface area contributed by atoms with Crippen molar-refractivity contribution >= 4 is 15.8 Å². The summed E-state index contributed by atoms with van der Waals surface area (Å²) in [5.41, 5.74) is 2.64. The quantitative estimate of drug-likeness (QED) is 0.198. The molecule has 0 nitrogen and oxygen atoms in total. The third-order valence-electron chi connectivity index (χ3n) is 18.7. The molecule has 10 unspecified atom stereocenters. The molecule has 0 spiro atoms. The second-order valence-corrected chi connectivity index (χ2v) is 26.3. The molecule has 2 heteroatoms. The van der Waals surface area contributed by atoms with Gasteiger partial charge in [0, 0.05) is 0 Å². The van der Waals surface area contributed by atoms with Crippen LogP contribution in [0.3, 0.4) is 0 Å². The highest BCUT2D eigenvalue weighted by Gasteiger charge is 2.58. The second kappa shape index (κ2) is 11.2. The molecule has 0 radical (unpaired) electrons. The Morgan fingerprint density at radius 2 is 0.591 bits per heavy atom. The third kappa shape index (κ3) is 5.06. The van der Waals surface area contributed by atoms with Gasteiger partial charge in [-0.15, -0.1) is 15.8 Å². The first-order chi connectivity index (χ1) is 20.8. The molecule has 0 aromatic rings. The van der Waals surface area contributed by atoms with Gasteiger partial charge in [0.15, 0.2) is 0 Å². The zero-order valence-corrected chi connectivity index (χ0v) is 32.3. The van der Waals surface area contributed by atoms with Gasteiger partial charge in [-0.1, -0.05) is 55.4 Å². The predicted octanol–water partition coefficient (Wildman–Crippen LogP) is 12.2. The predicted molar refractivity (Wildman–Crippen MR) is 195 cm³/mol. The summed E-state index contributed by atoms with van der Waals surface area (Å²) in [6.07, 6.45) is 29.0. The van der Waals surface area contributed by atoms with Gasteiger partial charge in [-0.05, 0) is 207 Å². The smallest absolute Gasteiger partial charge is 0.0286 e. The van der Waals surface area contributed by atoms with E-state index < -0.39 is 0 Å². The van der Waals surface area contributed by atoms with Crippen LogP contribution in [0.4, 0.5) is 0 Å². The van der Waals surface area contributed by atoms with Gasteiger partial charge in [0.1, 0.15) is 0 Å². The zero-order chi connectivity index (χ0) is 30.8. The van der Waals surface area contributed by atoms with E-state index in [1.807, 2.05) is 0 Å². The standard InChI is InChI=1S/C42H72P2/c1-39(2)31-13-9-27(35(39)19-31)23-43(24-28-10-14-32-20-36(28)40(32,3)4)17-18-44(25-29-11-15-33-21-37(29)41(33,5)6)26-30-12-16-34-22-38(30)42(34,7)8/h27-38H,9-26H2,1-8H3/t27?,28?,29?,30?,31-,32?,33-,34?,35-,36?,37-,38?,43?,44?/m0/s1. The molecule has 12 aliphatic rings. The molecule has 44 heavy (non-hydrogen) atoms. The van der Waals surface area contributed by atoms with Crippen molar-refractivity contribution in [2.75, 3.05) is 37.0 Å². The summed E-state index contributed by atoms with van der Waals surface area (Å²) in [4.78, 5) is 0. The van der Waals surface area contributed by atoms with Crippen molar-refractivity contribution in [3.05, 3.63) is 0 Å². The molecule has 0 N–H and O–H groups in total. The van der Waals surface area contributed by atoms with Crippen LogP contribution in [0.5, 0.6) is 0 Å². The van der Waals surface area contributed by atoms with Gasteiger partial charge < -0.3 is 0 Å². The largest absolute Gasteiger partial charge is 0.106 e. The minimum absolute atomic E-state index is 0.204. The number of hydrogen-bond acceptors (Lipinski definition) is 0. The highest BCUT2D eigenvalue weighted by molar-refractivity contribution is 7.61. The average Bonchev–Trinajstić information content (AvgIpc) is 2.99. The van der Waals surface area contributed by atoms with Gasteiger partial charge in [-0.25, -0.2) is 0 Å². The van der Waals surface area contributed by atoms with Gasteiger partial charge in [0.2, 0.25) is 0 Å². The molecule has 0 aromatic carbocycles. The van der Waals surface area contributed by atoms with E-state index in [-0.39, 0.29) is 15.8 Å². The zero-order valence-electron chi connectivity index (χ0n) is 30.6. The highest BCUT2D eigenvalue weighted by Crippen LogP contribution is 2.68. The summed E-state index contributed by atoms with van der Waals surface area (Å²) in [6, 6.07) is 0. The SMILES string of the molecule is CC1(C)C2CCC(CP(CCP(CC3CCC4CC3C4(C)C)CC3CC[C@H]4C[C@@H]3C4(C)C)CC3CC[C@H]4C[C@@H]3C4(C)C)C1C2. The summed E-state index contributed by atoms with van der Waals surface area (Å²) < 4.78 is 0. The normalized spacial score (nSPS) is 49.4. The molecule has 0 aliphatic heterocycles. The fraction of sp³-hybridized carbons (Fsp3) is 1.00. The summed E-state index contributed by atoms with van der Waals surface area (Å²) in [5, 5.41) is 0. The summed E-state index contributed by atoms with van der Waals surface area (Å²) >= 11 is 0. The maximum atomic E-state index is 2.66. The summed E-state index contributed by atoms with van der Waals surface area (Å²) in [7, 11) is 0.408. The maximum Gasteiger partial charge on any atom is -0.0286 e. The van der Waals surface area contributed by atoms with Crippen molar-refractivity contribution in [1.82, 2.24) is 0 Å². The van der Waals surface area contributed by atoms with E-state index in [2.05, 4.69) is 55.4 Å². The van der Waals surface area contributed by atoms with Crippen LogP contribution < -0.4 is 0 Å². The van der Waals surface area contributed by atoms with E-state index in [0.717, 1.165) is 71.0 Å². The van der Waals surface area contributed by atoms with Crippen LogP contribution in [0.2, 0.25) is 0 Å². The molecule has 12 fully saturated rings. The van der Waals surface area contributed by atoms with Gasteiger partial charge in [-0.3, -0.25) is 0 Å². The van der Waals surface area contributed by atoms with Gasteiger partial charge in [0.05, 0.1) is 0 Å². The number of hydrogen-bond donors (Lipinski definition) is 0. The van der Waals surface area contributed by atoms with E-state index in [1.165, 1.54) is 0 Å². The summed E-state index contributed by atoms with van der Waals surface area (Å²) in [6.45, 7) is 21.3. The van der Waals surface area contributed by atoms with Crippen molar-refractivity contribution in [2.24, 2.45) is 92.7 Å². The van der Waals surface area contributed by atoms with Crippen LogP contribution in [-0.2, 0) is 0 Å². The Hall–Kier alpha value is 0.860. The Labute approximate surface area is 277 Å². The van der Waals surface area contributed by atoms with Gasteiger partial charge in [-0.2, -0.15) is 0 Å². The maximum absolute atomic E-state index is 2.66. The van der Waals surface area contributed by atoms with Gasteiger partial charge in [0.25, 0.3) is 0 Å². The lowest BCUT2D eigenvalue weighted by Crippen LogP contribution is -2.54. The molecular formula is C42H72P2. The van der Waals surface area contributed by atoms with E-state index >= 15 is 0 Å². The molecule has 12 aliphatic carbocycles. The molecule has 0 amide bonds. The Morgan fingerprint density at radius 1 is 0.364 bits per heavy atom. The van der Waals surface area contributed by atoms with Crippen LogP contribution in [-0.4, -0.2) is 37.0 Å². The van der Waals surface area contributed by atoms with Crippen molar-refractivity contribution in [3.63, 3.8) is 0 Å². The van der Waals surface area contributed by atoms with Crippen LogP contribution in [0.1, 0.15) is 132 Å². The molecule has 0 heterocycles. The van der Waals surface area contributed by atoms with Crippen LogP contribution in [0, 0.1) is 92.7 Å². The first-order valence-corrected chi connectivity index (χ1v) is 24.0. The van der Waals surface area contributed by atoms with E-state index in [1.54, 1.807) is 114 Å². The van der Waals surface area contributed by atoms with Crippen LogP contribution in [0.15, 0.2) is 0 Å². The lowest BCUT2D eigenvalue weighted by Gasteiger charge is -2.62. The Morgan fingerprint density at radius 3 is 0.773 bits per heavy atom. The van der Waals surface area contributed by atoms with Crippen molar-refractivity contribution in [1.29, 1.82) is 0 Å². The molecular weight excluding hydrogens is 566 g/mol. The number of fused-ring (bicyclic) bond motifs is 8. The topological polar surface area (TPSA) is 0 Å². The van der Waals surface area contributed by atoms with Crippen molar-refractivity contribution in [2.45, 2.75) is 132 Å². The molecule has 8 bridgehead atoms. The van der Waals surface area contributed by atoms with Crippen LogP contribution >= 0.6 is 15.8 Å². The fourth-order valence-electron chi connectivity index (χ4n) is 14.8. The number of rotatable bonds is 11. The second-order valence-electron chi connectivity index (χ2n) is 21.3. The molecule has 14 atom stereocenters. The first-order valence-electron chi connectivity index (χ1n) is 20.2. The molecule has 12 rings (SSSR count). The van der Waals surface area contributed by atoms with E-state index in [0.29, 0.717) is 21.7 Å². The molecule has 0 saturated heterocycles. The monoisotopic (exact) mass is 639 g/mol. The molecule has 12 saturated carbocycles. The van der Waals surface area contributed by atoms with Crippen molar-refractivity contribution in [3.8, 4) is 0 Å². The van der Waals surface area contributed by atoms with Crippen molar-refractivity contribution < 1.29 is 0 Å². The minimum atomic E-state index is 0.204. The minimum Gasteiger partial charge on any atom is -0.106 e.